The Hall–Kier alpha value is -3.39. The number of aliphatic hydroxyl groups excluding tert-OH is 1. The normalized spacial score (nSPS) is 14.8. The zero-order valence-corrected chi connectivity index (χ0v) is 21.7. The van der Waals surface area contributed by atoms with Crippen LogP contribution in [0, 0.1) is 12.3 Å². The third-order valence-electron chi connectivity index (χ3n) is 4.92. The van der Waals surface area contributed by atoms with E-state index in [4.69, 9.17) is 30.9 Å². The number of imidazole rings is 1. The number of fused-ring (bicyclic) bond motifs is 1. The van der Waals surface area contributed by atoms with Gasteiger partial charge in [0.25, 0.3) is 11.4 Å². The molecular formula is C20H29FN7O9P. The van der Waals surface area contributed by atoms with Crippen molar-refractivity contribution in [1.82, 2.24) is 29.7 Å². The number of nitrogens with zero attached hydrogens (tertiary/aromatic N) is 3. The molecule has 16 nitrogen and oxygen atoms in total. The first-order valence-electron chi connectivity index (χ1n) is 11.1. The number of aromatic nitrogens is 4. The van der Waals surface area contributed by atoms with Gasteiger partial charge in [0.2, 0.25) is 5.95 Å². The van der Waals surface area contributed by atoms with Crippen LogP contribution in [0.15, 0.2) is 11.1 Å². The van der Waals surface area contributed by atoms with Crippen molar-refractivity contribution in [2.45, 2.75) is 31.8 Å². The van der Waals surface area contributed by atoms with E-state index in [1.807, 2.05) is 0 Å². The average molecular weight is 561 g/mol. The molecule has 18 heteroatoms. The lowest BCUT2D eigenvalue weighted by Gasteiger charge is -2.32. The SMILES string of the molecule is C#CC(F)([C@@H](O)[C@@H](COP(=O)(NCC(=O)OCC)NCC(=O)OCC)OC)n1cnc2c(=O)[nH]c(N)nc21. The lowest BCUT2D eigenvalue weighted by atomic mass is 10.0. The molecule has 0 saturated heterocycles. The Morgan fingerprint density at radius 3 is 2.39 bits per heavy atom. The van der Waals surface area contributed by atoms with E-state index in [1.54, 1.807) is 19.8 Å². The number of nitrogens with one attached hydrogen (secondary N) is 3. The van der Waals surface area contributed by atoms with Gasteiger partial charge in [0.1, 0.15) is 31.6 Å². The average Bonchev–Trinajstić information content (AvgIpc) is 3.31. The van der Waals surface area contributed by atoms with Crippen LogP contribution in [0.5, 0.6) is 0 Å². The van der Waals surface area contributed by atoms with Gasteiger partial charge in [-0.1, -0.05) is 0 Å². The first-order chi connectivity index (χ1) is 17.9. The van der Waals surface area contributed by atoms with Gasteiger partial charge in [-0.2, -0.15) is 4.98 Å². The quantitative estimate of drug-likeness (QED) is 0.0975. The lowest BCUT2D eigenvalue weighted by molar-refractivity contribution is -0.142. The minimum absolute atomic E-state index is 0.0554. The van der Waals surface area contributed by atoms with Crippen LogP contribution in [-0.4, -0.2) is 88.8 Å². The standard InChI is InChI=1S/C20H29FN7O9P/c1-5-20(21,28-11-23-15-17(28)26-19(22)27-18(15)32)16(31)12(34-4)10-37-38(33,24-8-13(29)35-6-2)25-9-14(30)36-7-3/h1,11-12,16,31H,6-10H2,2-4H3,(H2,24,25,33)(H3,22,26,27,32)/t12-,16+,20?/m1/s1. The van der Waals surface area contributed by atoms with Crippen LogP contribution in [0.2, 0.25) is 0 Å². The summed E-state index contributed by atoms with van der Waals surface area (Å²) in [5.41, 5.74) is 4.10. The van der Waals surface area contributed by atoms with Crippen LogP contribution in [0.25, 0.3) is 11.2 Å². The molecule has 6 N–H and O–H groups in total. The fraction of sp³-hybridized carbons (Fsp3) is 0.550. The molecule has 0 saturated carbocycles. The van der Waals surface area contributed by atoms with Crippen LogP contribution in [0.4, 0.5) is 10.3 Å². The van der Waals surface area contributed by atoms with Crippen molar-refractivity contribution in [3.05, 3.63) is 16.7 Å². The summed E-state index contributed by atoms with van der Waals surface area (Å²) in [6.07, 6.45) is 2.45. The topological polar surface area (TPSA) is 222 Å². The number of terminal acetylenes is 1. The Morgan fingerprint density at radius 2 is 1.89 bits per heavy atom. The van der Waals surface area contributed by atoms with Crippen molar-refractivity contribution >= 4 is 36.7 Å². The third kappa shape index (κ3) is 7.34. The van der Waals surface area contributed by atoms with Crippen molar-refractivity contribution in [1.29, 1.82) is 0 Å². The van der Waals surface area contributed by atoms with Gasteiger partial charge in [-0.15, -0.1) is 6.42 Å². The molecule has 0 amide bonds. The molecule has 2 aromatic rings. The minimum Gasteiger partial charge on any atom is -0.465 e. The highest BCUT2D eigenvalue weighted by Gasteiger charge is 2.46. The van der Waals surface area contributed by atoms with Crippen molar-refractivity contribution in [2.75, 3.05) is 45.8 Å². The Bertz CT molecular complexity index is 1250. The number of halogens is 1. The smallest absolute Gasteiger partial charge is 0.341 e. The summed E-state index contributed by atoms with van der Waals surface area (Å²) in [5.74, 6) is -3.23. The Balaban J connectivity index is 2.29. The molecule has 0 fully saturated rings. The highest BCUT2D eigenvalue weighted by Crippen LogP contribution is 2.38. The number of nitrogens with two attached hydrogens (primary N) is 1. The lowest BCUT2D eigenvalue weighted by Crippen LogP contribution is -2.49. The van der Waals surface area contributed by atoms with Crippen molar-refractivity contribution in [3.63, 3.8) is 0 Å². The fourth-order valence-electron chi connectivity index (χ4n) is 3.08. The van der Waals surface area contributed by atoms with E-state index in [-0.39, 0.29) is 30.3 Å². The molecule has 2 heterocycles. The van der Waals surface area contributed by atoms with E-state index >= 15 is 4.39 Å². The molecule has 0 aliphatic heterocycles. The van der Waals surface area contributed by atoms with E-state index in [0.717, 1.165) is 13.4 Å². The maximum absolute atomic E-state index is 16.1. The number of esters is 2. The first kappa shape index (κ1) is 30.8. The fourth-order valence-corrected chi connectivity index (χ4v) is 4.41. The zero-order chi connectivity index (χ0) is 28.5. The number of rotatable bonds is 15. The van der Waals surface area contributed by atoms with E-state index < -0.39 is 62.9 Å². The predicted octanol–water partition coefficient (Wildman–Crippen LogP) is -1.24. The summed E-state index contributed by atoms with van der Waals surface area (Å²) < 4.78 is 49.9. The van der Waals surface area contributed by atoms with Crippen molar-refractivity contribution < 1.29 is 42.4 Å². The van der Waals surface area contributed by atoms with Crippen LogP contribution in [0.1, 0.15) is 13.8 Å². The second-order valence-electron chi connectivity index (χ2n) is 7.40. The summed E-state index contributed by atoms with van der Waals surface area (Å²) in [4.78, 5) is 45.3. The van der Waals surface area contributed by atoms with Gasteiger partial charge in [-0.25, -0.2) is 19.5 Å². The molecule has 2 aromatic heterocycles. The molecule has 3 atom stereocenters. The number of aliphatic hydroxyl groups is 1. The largest absolute Gasteiger partial charge is 0.465 e. The number of ether oxygens (including phenoxy) is 3. The van der Waals surface area contributed by atoms with Crippen molar-refractivity contribution in [2.24, 2.45) is 0 Å². The first-order valence-corrected chi connectivity index (χ1v) is 12.7. The number of aromatic amines is 1. The highest BCUT2D eigenvalue weighted by atomic mass is 31.2. The van der Waals surface area contributed by atoms with Crippen LogP contribution in [0.3, 0.4) is 0 Å². The molecule has 0 aromatic carbocycles. The van der Waals surface area contributed by atoms with Gasteiger partial charge in [0, 0.05) is 7.11 Å². The molecule has 2 rings (SSSR count). The molecule has 0 aliphatic rings. The monoisotopic (exact) mass is 561 g/mol. The number of hydrogen-bond acceptors (Lipinski definition) is 12. The maximum atomic E-state index is 16.1. The van der Waals surface area contributed by atoms with Crippen LogP contribution >= 0.6 is 7.67 Å². The molecule has 1 unspecified atom stereocenters. The molecule has 0 radical (unpaired) electrons. The summed E-state index contributed by atoms with van der Waals surface area (Å²) in [5, 5.41) is 15.5. The van der Waals surface area contributed by atoms with Crippen molar-refractivity contribution in [3.8, 4) is 12.3 Å². The van der Waals surface area contributed by atoms with E-state index in [0.29, 0.717) is 4.57 Å². The number of anilines is 1. The van der Waals surface area contributed by atoms with Gasteiger partial charge in [-0.05, 0) is 19.8 Å². The number of carbonyl (C=O) groups is 2. The van der Waals surface area contributed by atoms with Gasteiger partial charge in [0.05, 0.1) is 19.8 Å². The van der Waals surface area contributed by atoms with E-state index in [1.165, 1.54) is 0 Å². The summed E-state index contributed by atoms with van der Waals surface area (Å²) >= 11 is 0. The Labute approximate surface area is 215 Å². The summed E-state index contributed by atoms with van der Waals surface area (Å²) in [7, 11) is -3.13. The molecule has 210 valence electrons. The summed E-state index contributed by atoms with van der Waals surface area (Å²) in [6, 6.07) is 0. The second-order valence-corrected chi connectivity index (χ2v) is 9.40. The minimum atomic E-state index is -4.21. The van der Waals surface area contributed by atoms with Gasteiger partial charge in [-0.3, -0.25) is 28.5 Å². The number of hydrogen-bond donors (Lipinski definition) is 5. The van der Waals surface area contributed by atoms with Crippen LogP contribution in [-0.2, 0) is 38.7 Å². The molecule has 0 spiro atoms. The maximum Gasteiger partial charge on any atom is 0.341 e. The third-order valence-corrected chi connectivity index (χ3v) is 6.58. The number of alkyl halides is 1. The molecule has 0 bridgehead atoms. The number of methoxy groups -OCH3 is 1. The Morgan fingerprint density at radius 1 is 1.32 bits per heavy atom. The number of H-pyrrole nitrogens is 1. The van der Waals surface area contributed by atoms with Gasteiger partial charge >= 0.3 is 19.6 Å². The second kappa shape index (κ2) is 13.4. The molecule has 0 aliphatic carbocycles. The van der Waals surface area contributed by atoms with Gasteiger partial charge in [0.15, 0.2) is 11.2 Å². The zero-order valence-electron chi connectivity index (χ0n) is 20.8. The van der Waals surface area contributed by atoms with Crippen LogP contribution < -0.4 is 21.5 Å². The molecular weight excluding hydrogens is 532 g/mol. The molecule has 38 heavy (non-hydrogen) atoms. The summed E-state index contributed by atoms with van der Waals surface area (Å²) in [6.45, 7) is 1.31. The van der Waals surface area contributed by atoms with Gasteiger partial charge < -0.3 is 29.6 Å². The van der Waals surface area contributed by atoms with E-state index in [2.05, 4.69) is 25.1 Å². The predicted molar refractivity (Wildman–Crippen MR) is 130 cm³/mol. The Kier molecular flexibility index (Phi) is 10.9. The highest BCUT2D eigenvalue weighted by molar-refractivity contribution is 7.54. The number of nitrogen functional groups attached to an aromatic ring is 1. The number of carbonyl (C=O) groups excluding carboxylic acids is 2. The van der Waals surface area contributed by atoms with E-state index in [9.17, 15) is 24.1 Å².